The Kier molecular flexibility index (Phi) is 4.35. The molecule has 0 aliphatic rings. The topological polar surface area (TPSA) is 29.3 Å². The summed E-state index contributed by atoms with van der Waals surface area (Å²) in [6.45, 7) is 4.21. The van der Waals surface area contributed by atoms with Gasteiger partial charge >= 0.3 is 0 Å². The van der Waals surface area contributed by atoms with Crippen molar-refractivity contribution >= 4 is 11.4 Å². The van der Waals surface area contributed by atoms with Crippen LogP contribution in [-0.4, -0.2) is 6.54 Å². The van der Waals surface area contributed by atoms with Crippen LogP contribution in [0.15, 0.2) is 42.5 Å². The third kappa shape index (κ3) is 2.80. The Morgan fingerprint density at radius 2 is 1.85 bits per heavy atom. The second kappa shape index (κ2) is 6.01. The highest BCUT2D eigenvalue weighted by molar-refractivity contribution is 5.67. The van der Waals surface area contributed by atoms with Crippen molar-refractivity contribution in [3.05, 3.63) is 59.7 Å². The molecule has 0 aromatic heterocycles. The van der Waals surface area contributed by atoms with E-state index in [1.807, 2.05) is 6.92 Å². The van der Waals surface area contributed by atoms with Gasteiger partial charge in [0.2, 0.25) is 0 Å². The van der Waals surface area contributed by atoms with Gasteiger partial charge in [-0.2, -0.15) is 0 Å². The van der Waals surface area contributed by atoms with Crippen molar-refractivity contribution in [2.75, 3.05) is 11.4 Å². The Bertz CT molecular complexity index is 597. The van der Waals surface area contributed by atoms with Gasteiger partial charge in [-0.3, -0.25) is 0 Å². The molecule has 4 heteroatoms. The SMILES string of the molecule is CCN(c1cccc(F)c1)c1c(F)cccc1[C@H](C)N. The molecule has 0 fully saturated rings. The number of benzene rings is 2. The fourth-order valence-electron chi connectivity index (χ4n) is 2.30. The van der Waals surface area contributed by atoms with E-state index in [0.717, 1.165) is 0 Å². The van der Waals surface area contributed by atoms with Gasteiger partial charge in [0, 0.05) is 18.3 Å². The number of hydrogen-bond donors (Lipinski definition) is 1. The van der Waals surface area contributed by atoms with Gasteiger partial charge in [0.15, 0.2) is 0 Å². The van der Waals surface area contributed by atoms with Gasteiger partial charge < -0.3 is 10.6 Å². The van der Waals surface area contributed by atoms with Crippen molar-refractivity contribution in [3.63, 3.8) is 0 Å². The van der Waals surface area contributed by atoms with Gasteiger partial charge in [-0.15, -0.1) is 0 Å². The summed E-state index contributed by atoms with van der Waals surface area (Å²) in [7, 11) is 0. The molecule has 2 nitrogen and oxygen atoms in total. The number of rotatable bonds is 4. The molecule has 2 aromatic carbocycles. The second-order valence-electron chi connectivity index (χ2n) is 4.69. The van der Waals surface area contributed by atoms with Crippen LogP contribution in [0.1, 0.15) is 25.5 Å². The van der Waals surface area contributed by atoms with Gasteiger partial charge in [-0.1, -0.05) is 18.2 Å². The monoisotopic (exact) mass is 276 g/mol. The van der Waals surface area contributed by atoms with Crippen molar-refractivity contribution in [3.8, 4) is 0 Å². The Labute approximate surface area is 117 Å². The molecule has 0 saturated heterocycles. The van der Waals surface area contributed by atoms with E-state index >= 15 is 0 Å². The van der Waals surface area contributed by atoms with Crippen molar-refractivity contribution in [1.29, 1.82) is 0 Å². The highest BCUT2D eigenvalue weighted by Gasteiger charge is 2.18. The normalized spacial score (nSPS) is 12.2. The summed E-state index contributed by atoms with van der Waals surface area (Å²) in [5.74, 6) is -0.703. The maximum absolute atomic E-state index is 14.2. The van der Waals surface area contributed by atoms with E-state index in [-0.39, 0.29) is 17.7 Å². The van der Waals surface area contributed by atoms with E-state index in [4.69, 9.17) is 5.73 Å². The number of hydrogen-bond acceptors (Lipinski definition) is 2. The van der Waals surface area contributed by atoms with Gasteiger partial charge in [0.25, 0.3) is 0 Å². The molecule has 0 spiro atoms. The van der Waals surface area contributed by atoms with Crippen molar-refractivity contribution in [2.45, 2.75) is 19.9 Å². The smallest absolute Gasteiger partial charge is 0.147 e. The standard InChI is InChI=1S/C16H18F2N2/c1-3-20(13-7-4-6-12(17)10-13)16-14(11(2)19)8-5-9-15(16)18/h4-11H,3,19H2,1-2H3/t11-/m0/s1. The van der Waals surface area contributed by atoms with Crippen molar-refractivity contribution < 1.29 is 8.78 Å². The lowest BCUT2D eigenvalue weighted by atomic mass is 10.0. The summed E-state index contributed by atoms with van der Waals surface area (Å²) in [6.07, 6.45) is 0. The molecular weight excluding hydrogens is 258 g/mol. The first-order valence-electron chi connectivity index (χ1n) is 6.61. The highest BCUT2D eigenvalue weighted by Crippen LogP contribution is 2.33. The van der Waals surface area contributed by atoms with Crippen LogP contribution in [0.25, 0.3) is 0 Å². The van der Waals surface area contributed by atoms with Crippen molar-refractivity contribution in [1.82, 2.24) is 0 Å². The molecule has 20 heavy (non-hydrogen) atoms. The van der Waals surface area contributed by atoms with Gasteiger partial charge in [-0.25, -0.2) is 8.78 Å². The molecule has 0 aliphatic carbocycles. The number of nitrogens with zero attached hydrogens (tertiary/aromatic N) is 1. The largest absolute Gasteiger partial charge is 0.339 e. The molecule has 0 saturated carbocycles. The maximum Gasteiger partial charge on any atom is 0.147 e. The first-order chi connectivity index (χ1) is 9.54. The summed E-state index contributed by atoms with van der Waals surface area (Å²) < 4.78 is 27.6. The predicted octanol–water partition coefficient (Wildman–Crippen LogP) is 4.14. The number of para-hydroxylation sites is 1. The first-order valence-corrected chi connectivity index (χ1v) is 6.61. The summed E-state index contributed by atoms with van der Waals surface area (Å²) in [5, 5.41) is 0. The summed E-state index contributed by atoms with van der Waals surface area (Å²) in [4.78, 5) is 1.73. The Balaban J connectivity index is 2.57. The average Bonchev–Trinajstić information content (AvgIpc) is 2.41. The van der Waals surface area contributed by atoms with Gasteiger partial charge in [0.05, 0.1) is 5.69 Å². The molecule has 0 unspecified atom stereocenters. The minimum Gasteiger partial charge on any atom is -0.339 e. The van der Waals surface area contributed by atoms with Crippen LogP contribution in [0.4, 0.5) is 20.2 Å². The fraction of sp³-hybridized carbons (Fsp3) is 0.250. The Hall–Kier alpha value is -1.94. The van der Waals surface area contributed by atoms with Gasteiger partial charge in [0.1, 0.15) is 11.6 Å². The molecule has 2 rings (SSSR count). The molecule has 106 valence electrons. The van der Waals surface area contributed by atoms with Gasteiger partial charge in [-0.05, 0) is 43.7 Å². The Morgan fingerprint density at radius 1 is 1.15 bits per heavy atom. The zero-order chi connectivity index (χ0) is 14.7. The minimum atomic E-state index is -0.356. The molecule has 0 aliphatic heterocycles. The van der Waals surface area contributed by atoms with E-state index in [9.17, 15) is 8.78 Å². The molecular formula is C16H18F2N2. The van der Waals surface area contributed by atoms with Crippen LogP contribution in [0, 0.1) is 11.6 Å². The quantitative estimate of drug-likeness (QED) is 0.909. The fourth-order valence-corrected chi connectivity index (χ4v) is 2.30. The summed E-state index contributed by atoms with van der Waals surface area (Å²) in [6, 6.07) is 10.6. The molecule has 2 aromatic rings. The predicted molar refractivity (Wildman–Crippen MR) is 78.1 cm³/mol. The molecule has 1 atom stereocenters. The van der Waals surface area contributed by atoms with E-state index in [1.165, 1.54) is 18.2 Å². The maximum atomic E-state index is 14.2. The molecule has 0 heterocycles. The third-order valence-corrected chi connectivity index (χ3v) is 3.21. The van der Waals surface area contributed by atoms with E-state index in [1.54, 1.807) is 36.1 Å². The number of anilines is 2. The molecule has 2 N–H and O–H groups in total. The van der Waals surface area contributed by atoms with Crippen LogP contribution >= 0.6 is 0 Å². The Morgan fingerprint density at radius 3 is 2.45 bits per heavy atom. The third-order valence-electron chi connectivity index (χ3n) is 3.21. The lowest BCUT2D eigenvalue weighted by molar-refractivity contribution is 0.617. The van der Waals surface area contributed by atoms with Crippen LogP contribution in [0.2, 0.25) is 0 Å². The van der Waals surface area contributed by atoms with E-state index in [2.05, 4.69) is 0 Å². The average molecular weight is 276 g/mol. The minimum absolute atomic E-state index is 0.302. The van der Waals surface area contributed by atoms with Crippen LogP contribution in [-0.2, 0) is 0 Å². The lowest BCUT2D eigenvalue weighted by Crippen LogP contribution is -2.21. The highest BCUT2D eigenvalue weighted by atomic mass is 19.1. The van der Waals surface area contributed by atoms with Crippen LogP contribution in [0.3, 0.4) is 0 Å². The van der Waals surface area contributed by atoms with Crippen LogP contribution < -0.4 is 10.6 Å². The lowest BCUT2D eigenvalue weighted by Gasteiger charge is -2.27. The number of nitrogens with two attached hydrogens (primary N) is 1. The molecule has 0 radical (unpaired) electrons. The summed E-state index contributed by atoms with van der Waals surface area (Å²) >= 11 is 0. The van der Waals surface area contributed by atoms with Crippen molar-refractivity contribution in [2.24, 2.45) is 5.73 Å². The number of halogens is 2. The zero-order valence-corrected chi connectivity index (χ0v) is 11.6. The van der Waals surface area contributed by atoms with Crippen LogP contribution in [0.5, 0.6) is 0 Å². The molecule has 0 bridgehead atoms. The molecule has 0 amide bonds. The zero-order valence-electron chi connectivity index (χ0n) is 11.6. The first kappa shape index (κ1) is 14.5. The van der Waals surface area contributed by atoms with E-state index < -0.39 is 0 Å². The summed E-state index contributed by atoms with van der Waals surface area (Å²) in [5.41, 5.74) is 7.64. The van der Waals surface area contributed by atoms with E-state index in [0.29, 0.717) is 23.5 Å². The second-order valence-corrected chi connectivity index (χ2v) is 4.69.